The molecule has 3 rings (SSSR count). The van der Waals surface area contributed by atoms with Gasteiger partial charge in [0.05, 0.1) is 0 Å². The maximum atomic E-state index is 12.7. The second kappa shape index (κ2) is 7.47. The molecule has 0 aliphatic rings. The number of allylic oxidation sites excluding steroid dienone is 1. The Morgan fingerprint density at radius 1 is 1.00 bits per heavy atom. The van der Waals surface area contributed by atoms with Crippen molar-refractivity contribution in [3.05, 3.63) is 67.9 Å². The molecule has 2 aromatic carbocycles. The molecule has 0 bridgehead atoms. The van der Waals surface area contributed by atoms with Crippen LogP contribution >= 0.6 is 0 Å². The number of aromatic amines is 1. The number of aromatic nitrogens is 1. The third-order valence-electron chi connectivity index (χ3n) is 4.88. The summed E-state index contributed by atoms with van der Waals surface area (Å²) in [5, 5.41) is 10.8. The molecule has 0 unspecified atom stereocenters. The van der Waals surface area contributed by atoms with Gasteiger partial charge in [0.25, 0.3) is 0 Å². The number of aromatic hydroxyl groups is 1. The molecule has 0 amide bonds. The number of hydrogen-bond acceptors (Lipinski definition) is 3. The zero-order valence-corrected chi connectivity index (χ0v) is 19.4. The number of nitrogens with one attached hydrogen (secondary N) is 1. The molecule has 0 fully saturated rings. The number of H-pyrrole nitrogens is 1. The van der Waals surface area contributed by atoms with E-state index in [2.05, 4.69) is 46.5 Å². The quantitative estimate of drug-likeness (QED) is 0.339. The van der Waals surface area contributed by atoms with Gasteiger partial charge in [-0.3, -0.25) is 0 Å². The Labute approximate surface area is 177 Å². The third-order valence-corrected chi connectivity index (χ3v) is 6.65. The summed E-state index contributed by atoms with van der Waals surface area (Å²) in [7, 11) is 0. The van der Waals surface area contributed by atoms with Crippen LogP contribution in [0.4, 0.5) is 0 Å². The molecule has 0 atom stereocenters. The molecular weight excluding hydrogens is 429 g/mol. The number of rotatable bonds is 3. The zero-order valence-electron chi connectivity index (χ0n) is 17.7. The van der Waals surface area contributed by atoms with Crippen molar-refractivity contribution in [1.29, 1.82) is 0 Å². The van der Waals surface area contributed by atoms with Crippen molar-refractivity contribution in [3.63, 3.8) is 0 Å². The fourth-order valence-electron chi connectivity index (χ4n) is 3.26. The van der Waals surface area contributed by atoms with Crippen LogP contribution in [-0.2, 0) is 10.8 Å². The Morgan fingerprint density at radius 2 is 1.59 bits per heavy atom. The molecule has 0 saturated carbocycles. The van der Waals surface area contributed by atoms with Crippen molar-refractivity contribution in [1.82, 2.24) is 4.98 Å². The maximum absolute atomic E-state index is 12.7. The Kier molecular flexibility index (Phi) is 5.50. The first-order valence-corrected chi connectivity index (χ1v) is 11.3. The normalized spacial score (nSPS) is 12.8. The van der Waals surface area contributed by atoms with Crippen LogP contribution < -0.4 is 4.43 Å². The molecule has 0 radical (unpaired) electrons. The number of benzene rings is 2. The van der Waals surface area contributed by atoms with Gasteiger partial charge in [-0.05, 0) is 0 Å². The summed E-state index contributed by atoms with van der Waals surface area (Å²) in [6.45, 7) is 12.4. The van der Waals surface area contributed by atoms with Crippen LogP contribution in [0.3, 0.4) is 0 Å². The van der Waals surface area contributed by atoms with Gasteiger partial charge >= 0.3 is 177 Å². The predicted molar refractivity (Wildman–Crippen MR) is 120 cm³/mol. The molecule has 29 heavy (non-hydrogen) atoms. The van der Waals surface area contributed by atoms with Crippen molar-refractivity contribution in [2.45, 2.75) is 52.4 Å². The van der Waals surface area contributed by atoms with E-state index in [9.17, 15) is 14.7 Å². The fourth-order valence-corrected chi connectivity index (χ4v) is 4.89. The summed E-state index contributed by atoms with van der Waals surface area (Å²) in [4.78, 5) is 27.0. The van der Waals surface area contributed by atoms with Gasteiger partial charge in [-0.15, -0.1) is 0 Å². The van der Waals surface area contributed by atoms with E-state index >= 15 is 0 Å². The molecule has 1 heterocycles. The first kappa shape index (κ1) is 21.4. The number of carbonyl (C=O) groups excluding carboxylic acids is 1. The molecule has 5 heteroatoms. The number of carbonyl (C=O) groups is 1. The molecular formula is C24H27NO3Se. The minimum atomic E-state index is -0.282. The van der Waals surface area contributed by atoms with Crippen LogP contribution in [0, 0.1) is 0 Å². The van der Waals surface area contributed by atoms with Gasteiger partial charge in [0.1, 0.15) is 0 Å². The molecule has 0 aliphatic heterocycles. The van der Waals surface area contributed by atoms with E-state index in [4.69, 9.17) is 0 Å². The number of hydrogen-bond donors (Lipinski definition) is 2. The van der Waals surface area contributed by atoms with Gasteiger partial charge in [0, 0.05) is 0 Å². The van der Waals surface area contributed by atoms with Gasteiger partial charge in [-0.1, -0.05) is 0 Å². The molecule has 3 aromatic rings. The Balaban J connectivity index is 2.00. The van der Waals surface area contributed by atoms with Crippen molar-refractivity contribution >= 4 is 36.1 Å². The van der Waals surface area contributed by atoms with Crippen LogP contribution in [0.5, 0.6) is 5.75 Å². The van der Waals surface area contributed by atoms with Crippen molar-refractivity contribution < 1.29 is 9.90 Å². The molecule has 4 nitrogen and oxygen atoms in total. The van der Waals surface area contributed by atoms with E-state index in [1.807, 2.05) is 12.1 Å². The van der Waals surface area contributed by atoms with E-state index in [0.29, 0.717) is 11.3 Å². The summed E-state index contributed by atoms with van der Waals surface area (Å²) in [5.41, 5.74) is 3.54. The van der Waals surface area contributed by atoms with Crippen LogP contribution in [0.15, 0.2) is 41.2 Å². The second-order valence-corrected chi connectivity index (χ2v) is 11.5. The average molecular weight is 456 g/mol. The van der Waals surface area contributed by atoms with Crippen molar-refractivity contribution in [2.75, 3.05) is 0 Å². The van der Waals surface area contributed by atoms with Gasteiger partial charge in [-0.25, -0.2) is 0 Å². The van der Waals surface area contributed by atoms with Crippen molar-refractivity contribution in [2.24, 2.45) is 0 Å². The Bertz CT molecular complexity index is 1130. The summed E-state index contributed by atoms with van der Waals surface area (Å²) < 4.78 is 0.928. The third kappa shape index (κ3) is 4.63. The first-order valence-electron chi connectivity index (χ1n) is 9.59. The van der Waals surface area contributed by atoms with Crippen LogP contribution in [0.1, 0.15) is 68.6 Å². The molecule has 0 aliphatic carbocycles. The number of phenolic OH excluding ortho intramolecular Hbond substituents is 1. The fraction of sp³-hybridized carbons (Fsp3) is 0.333. The summed E-state index contributed by atoms with van der Waals surface area (Å²) in [6.07, 6.45) is 3.36. The summed E-state index contributed by atoms with van der Waals surface area (Å²) >= 11 is -0.282. The molecule has 0 spiro atoms. The van der Waals surface area contributed by atoms with Crippen molar-refractivity contribution in [3.8, 4) is 5.75 Å². The van der Waals surface area contributed by atoms with Crippen LogP contribution in [0.25, 0.3) is 15.9 Å². The number of phenols is 1. The van der Waals surface area contributed by atoms with Gasteiger partial charge in [0.15, 0.2) is 0 Å². The Morgan fingerprint density at radius 3 is 2.14 bits per heavy atom. The first-order chi connectivity index (χ1) is 13.4. The predicted octanol–water partition coefficient (Wildman–Crippen LogP) is 4.78. The topological polar surface area (TPSA) is 70.2 Å². The SMILES string of the molecule is CC(C)(C)c1cc(/C=C/C(=O)c2ccc3[nH]c(=O)[se]c3c2)cc(C(C)(C)C)c1O. The summed E-state index contributed by atoms with van der Waals surface area (Å²) in [6, 6.07) is 9.23. The standard InChI is InChI=1S/C24H27NO3Se/c1-23(2,3)16-11-14(12-17(21(16)27)24(4,5)6)7-10-19(26)15-8-9-18-20(13-15)29-22(28)25-18/h7-13,27H,1-6H3,(H,25,28)/b10-7+. The van der Waals surface area contributed by atoms with Gasteiger partial charge in [0.2, 0.25) is 0 Å². The van der Waals surface area contributed by atoms with E-state index in [1.165, 1.54) is 0 Å². The number of fused-ring (bicyclic) bond motifs is 1. The zero-order chi connectivity index (χ0) is 21.6. The van der Waals surface area contributed by atoms with E-state index in [1.54, 1.807) is 30.4 Å². The average Bonchev–Trinajstić information content (AvgIpc) is 2.97. The Hall–Kier alpha value is -2.36. The van der Waals surface area contributed by atoms with Gasteiger partial charge < -0.3 is 0 Å². The monoisotopic (exact) mass is 457 g/mol. The van der Waals surface area contributed by atoms with E-state index in [0.717, 1.165) is 26.5 Å². The summed E-state index contributed by atoms with van der Waals surface area (Å²) in [5.74, 6) is 0.220. The van der Waals surface area contributed by atoms with E-state index < -0.39 is 0 Å². The van der Waals surface area contributed by atoms with Crippen LogP contribution in [0.2, 0.25) is 0 Å². The minimum absolute atomic E-state index is 0.0150. The molecule has 0 saturated heterocycles. The molecule has 152 valence electrons. The number of ketones is 1. The van der Waals surface area contributed by atoms with Gasteiger partial charge in [-0.2, -0.15) is 0 Å². The van der Waals surface area contributed by atoms with Crippen LogP contribution in [-0.4, -0.2) is 30.4 Å². The van der Waals surface area contributed by atoms with E-state index in [-0.39, 0.29) is 35.5 Å². The molecule has 2 N–H and O–H groups in total. The molecule has 1 aromatic heterocycles. The second-order valence-electron chi connectivity index (χ2n) is 9.39.